The van der Waals surface area contributed by atoms with E-state index >= 15 is 0 Å². The van der Waals surface area contributed by atoms with Crippen molar-refractivity contribution in [2.75, 3.05) is 13.2 Å². The summed E-state index contributed by atoms with van der Waals surface area (Å²) in [5, 5.41) is 19.0. The van der Waals surface area contributed by atoms with E-state index in [1.165, 1.54) is 6.20 Å². The van der Waals surface area contributed by atoms with E-state index in [-0.39, 0.29) is 6.61 Å². The van der Waals surface area contributed by atoms with Crippen LogP contribution >= 0.6 is 0 Å². The van der Waals surface area contributed by atoms with Gasteiger partial charge < -0.3 is 9.84 Å². The van der Waals surface area contributed by atoms with Crippen LogP contribution in [0.4, 0.5) is 0 Å². The van der Waals surface area contributed by atoms with Gasteiger partial charge >= 0.3 is 0 Å². The molecule has 1 atom stereocenters. The van der Waals surface area contributed by atoms with Crippen molar-refractivity contribution in [3.8, 4) is 0 Å². The summed E-state index contributed by atoms with van der Waals surface area (Å²) < 4.78 is 4.99. The van der Waals surface area contributed by atoms with Crippen molar-refractivity contribution in [2.45, 2.75) is 13.0 Å². The zero-order valence-electron chi connectivity index (χ0n) is 6.32. The summed E-state index contributed by atoms with van der Waals surface area (Å²) in [4.78, 5) is 0. The summed E-state index contributed by atoms with van der Waals surface area (Å²) in [5.74, 6) is 0. The number of ether oxygens (including phenoxy) is 1. The van der Waals surface area contributed by atoms with Gasteiger partial charge in [-0.05, 0) is 6.92 Å². The minimum atomic E-state index is -0.673. The van der Waals surface area contributed by atoms with Gasteiger partial charge in [-0.15, -0.1) is 0 Å². The average Bonchev–Trinajstić information content (AvgIpc) is 2.52. The Morgan fingerprint density at radius 3 is 3.18 bits per heavy atom. The maximum atomic E-state index is 9.29. The zero-order chi connectivity index (χ0) is 8.10. The topological polar surface area (TPSA) is 71.0 Å². The molecule has 11 heavy (non-hydrogen) atoms. The molecular formula is C6H11N3O2. The molecular weight excluding hydrogens is 146 g/mol. The SMILES string of the molecule is CCOCC(O)c1cn[nH]n1. The van der Waals surface area contributed by atoms with Crippen molar-refractivity contribution >= 4 is 0 Å². The molecule has 0 aliphatic carbocycles. The van der Waals surface area contributed by atoms with Gasteiger partial charge in [-0.1, -0.05) is 0 Å². The minimum Gasteiger partial charge on any atom is -0.384 e. The van der Waals surface area contributed by atoms with Gasteiger partial charge in [-0.3, -0.25) is 0 Å². The van der Waals surface area contributed by atoms with E-state index in [0.717, 1.165) is 0 Å². The first-order chi connectivity index (χ1) is 5.34. The van der Waals surface area contributed by atoms with Gasteiger partial charge in [0.2, 0.25) is 0 Å². The highest BCUT2D eigenvalue weighted by Gasteiger charge is 2.08. The molecule has 0 fully saturated rings. The van der Waals surface area contributed by atoms with Gasteiger partial charge in [0.1, 0.15) is 11.8 Å². The van der Waals surface area contributed by atoms with Crippen LogP contribution in [0.1, 0.15) is 18.7 Å². The number of aromatic nitrogens is 3. The lowest BCUT2D eigenvalue weighted by molar-refractivity contribution is 0.0397. The van der Waals surface area contributed by atoms with E-state index in [9.17, 15) is 5.11 Å². The highest BCUT2D eigenvalue weighted by atomic mass is 16.5. The first-order valence-electron chi connectivity index (χ1n) is 3.46. The van der Waals surface area contributed by atoms with Crippen LogP contribution in [-0.2, 0) is 4.74 Å². The van der Waals surface area contributed by atoms with Crippen molar-refractivity contribution < 1.29 is 9.84 Å². The van der Waals surface area contributed by atoms with Gasteiger partial charge in [0.05, 0.1) is 12.8 Å². The first-order valence-corrected chi connectivity index (χ1v) is 3.46. The largest absolute Gasteiger partial charge is 0.384 e. The predicted molar refractivity (Wildman–Crippen MR) is 37.8 cm³/mol. The van der Waals surface area contributed by atoms with Crippen LogP contribution in [0.25, 0.3) is 0 Å². The molecule has 1 aromatic rings. The Hall–Kier alpha value is -0.940. The van der Waals surface area contributed by atoms with Crippen LogP contribution in [0.2, 0.25) is 0 Å². The molecule has 0 saturated heterocycles. The molecule has 0 spiro atoms. The molecule has 0 bridgehead atoms. The standard InChI is InChI=1S/C6H11N3O2/c1-2-11-4-6(10)5-3-7-9-8-5/h3,6,10H,2,4H2,1H3,(H,7,8,9). The van der Waals surface area contributed by atoms with Crippen molar-refractivity contribution in [1.82, 2.24) is 15.4 Å². The van der Waals surface area contributed by atoms with E-state index in [1.807, 2.05) is 6.92 Å². The number of nitrogens with zero attached hydrogens (tertiary/aromatic N) is 2. The average molecular weight is 157 g/mol. The fourth-order valence-electron chi connectivity index (χ4n) is 0.686. The molecule has 0 amide bonds. The van der Waals surface area contributed by atoms with E-state index in [1.54, 1.807) is 0 Å². The lowest BCUT2D eigenvalue weighted by Gasteiger charge is -2.05. The molecule has 0 radical (unpaired) electrons. The van der Waals surface area contributed by atoms with E-state index in [4.69, 9.17) is 4.74 Å². The van der Waals surface area contributed by atoms with E-state index in [0.29, 0.717) is 12.3 Å². The molecule has 0 aliphatic heterocycles. The molecule has 62 valence electrons. The third kappa shape index (κ3) is 2.28. The monoisotopic (exact) mass is 157 g/mol. The third-order valence-corrected chi connectivity index (χ3v) is 1.25. The fraction of sp³-hybridized carbons (Fsp3) is 0.667. The lowest BCUT2D eigenvalue weighted by atomic mass is 10.3. The van der Waals surface area contributed by atoms with Gasteiger partial charge in [-0.25, -0.2) is 0 Å². The Morgan fingerprint density at radius 1 is 1.82 bits per heavy atom. The molecule has 1 unspecified atom stereocenters. The normalized spacial score (nSPS) is 13.3. The zero-order valence-corrected chi connectivity index (χ0v) is 6.32. The number of nitrogens with one attached hydrogen (secondary N) is 1. The number of aromatic amines is 1. The van der Waals surface area contributed by atoms with Gasteiger partial charge in [-0.2, -0.15) is 15.4 Å². The smallest absolute Gasteiger partial charge is 0.123 e. The maximum absolute atomic E-state index is 9.29. The fourth-order valence-corrected chi connectivity index (χ4v) is 0.686. The molecule has 1 aromatic heterocycles. The van der Waals surface area contributed by atoms with Crippen LogP contribution in [0, 0.1) is 0 Å². The van der Waals surface area contributed by atoms with Crippen LogP contribution in [0.5, 0.6) is 0 Å². The van der Waals surface area contributed by atoms with Crippen molar-refractivity contribution in [1.29, 1.82) is 0 Å². The van der Waals surface area contributed by atoms with Crippen LogP contribution in [0.15, 0.2) is 6.20 Å². The molecule has 5 heteroatoms. The van der Waals surface area contributed by atoms with Gasteiger partial charge in [0, 0.05) is 6.61 Å². The van der Waals surface area contributed by atoms with Crippen LogP contribution in [-0.4, -0.2) is 33.7 Å². The second-order valence-corrected chi connectivity index (χ2v) is 2.07. The second kappa shape index (κ2) is 4.05. The van der Waals surface area contributed by atoms with Crippen molar-refractivity contribution in [3.05, 3.63) is 11.9 Å². The summed E-state index contributed by atoms with van der Waals surface area (Å²) in [7, 11) is 0. The van der Waals surface area contributed by atoms with Crippen LogP contribution < -0.4 is 0 Å². The number of rotatable bonds is 4. The van der Waals surface area contributed by atoms with E-state index in [2.05, 4.69) is 15.4 Å². The Morgan fingerprint density at radius 2 is 2.64 bits per heavy atom. The Balaban J connectivity index is 2.36. The first kappa shape index (κ1) is 8.16. The molecule has 0 aromatic carbocycles. The van der Waals surface area contributed by atoms with Crippen molar-refractivity contribution in [2.24, 2.45) is 0 Å². The van der Waals surface area contributed by atoms with Gasteiger partial charge in [0.25, 0.3) is 0 Å². The number of aliphatic hydroxyl groups excluding tert-OH is 1. The number of hydrogen-bond donors (Lipinski definition) is 2. The summed E-state index contributed by atoms with van der Waals surface area (Å²) in [6.45, 7) is 2.73. The molecule has 0 aliphatic rings. The minimum absolute atomic E-state index is 0.267. The predicted octanol–water partition coefficient (Wildman–Crippen LogP) is -0.125. The van der Waals surface area contributed by atoms with Crippen molar-refractivity contribution in [3.63, 3.8) is 0 Å². The summed E-state index contributed by atoms with van der Waals surface area (Å²) >= 11 is 0. The molecule has 1 rings (SSSR count). The molecule has 1 heterocycles. The lowest BCUT2D eigenvalue weighted by Crippen LogP contribution is -2.07. The highest BCUT2D eigenvalue weighted by molar-refractivity contribution is 4.95. The number of hydrogen-bond acceptors (Lipinski definition) is 4. The summed E-state index contributed by atoms with van der Waals surface area (Å²) in [6.07, 6.45) is 0.803. The Kier molecular flexibility index (Phi) is 3.00. The summed E-state index contributed by atoms with van der Waals surface area (Å²) in [6, 6.07) is 0. The third-order valence-electron chi connectivity index (χ3n) is 1.25. The van der Waals surface area contributed by atoms with Gasteiger partial charge in [0.15, 0.2) is 0 Å². The highest BCUT2D eigenvalue weighted by Crippen LogP contribution is 2.06. The maximum Gasteiger partial charge on any atom is 0.123 e. The molecule has 0 saturated carbocycles. The Labute approximate surface area is 64.4 Å². The van der Waals surface area contributed by atoms with E-state index < -0.39 is 6.10 Å². The Bertz CT molecular complexity index is 188. The molecule has 2 N–H and O–H groups in total. The quantitative estimate of drug-likeness (QED) is 0.639. The number of H-pyrrole nitrogens is 1. The molecule has 5 nitrogen and oxygen atoms in total. The summed E-state index contributed by atoms with van der Waals surface area (Å²) in [5.41, 5.74) is 0.512. The number of aliphatic hydroxyl groups is 1. The van der Waals surface area contributed by atoms with Crippen LogP contribution in [0.3, 0.4) is 0 Å². The second-order valence-electron chi connectivity index (χ2n) is 2.07.